The summed E-state index contributed by atoms with van der Waals surface area (Å²) in [5.74, 6) is -0.938. The molecule has 0 spiro atoms. The number of likely N-dealkylation sites (tertiary alicyclic amines) is 1. The van der Waals surface area contributed by atoms with E-state index in [2.05, 4.69) is 4.90 Å². The van der Waals surface area contributed by atoms with Gasteiger partial charge in [-0.15, -0.1) is 0 Å². The van der Waals surface area contributed by atoms with Crippen LogP contribution in [0.15, 0.2) is 24.3 Å². The Morgan fingerprint density at radius 3 is 2.65 bits per heavy atom. The van der Waals surface area contributed by atoms with Gasteiger partial charge in [0, 0.05) is 11.6 Å². The molecule has 0 amide bonds. The number of aliphatic carboxylic acids is 1. The number of hydrogen-bond donors (Lipinski definition) is 1. The van der Waals surface area contributed by atoms with Gasteiger partial charge in [0.15, 0.2) is 0 Å². The molecule has 17 heavy (non-hydrogen) atoms. The van der Waals surface area contributed by atoms with Gasteiger partial charge in [-0.3, -0.25) is 4.79 Å². The summed E-state index contributed by atoms with van der Waals surface area (Å²) in [5.41, 5.74) is 1.08. The molecule has 1 aromatic carbocycles. The molecule has 0 aliphatic carbocycles. The van der Waals surface area contributed by atoms with Crippen LogP contribution >= 0.6 is 11.6 Å². The maximum Gasteiger partial charge on any atom is 0.308 e. The van der Waals surface area contributed by atoms with E-state index in [9.17, 15) is 9.90 Å². The molecule has 1 aliphatic rings. The lowest BCUT2D eigenvalue weighted by molar-refractivity contribution is -0.144. The molecule has 1 fully saturated rings. The largest absolute Gasteiger partial charge is 0.481 e. The minimum atomic E-state index is -0.712. The van der Waals surface area contributed by atoms with Crippen LogP contribution in [0.5, 0.6) is 0 Å². The van der Waals surface area contributed by atoms with Gasteiger partial charge in [-0.2, -0.15) is 0 Å². The van der Waals surface area contributed by atoms with Crippen LogP contribution < -0.4 is 0 Å². The van der Waals surface area contributed by atoms with Gasteiger partial charge in [-0.25, -0.2) is 0 Å². The van der Waals surface area contributed by atoms with Crippen molar-refractivity contribution in [3.63, 3.8) is 0 Å². The first-order chi connectivity index (χ1) is 8.08. The van der Waals surface area contributed by atoms with Crippen molar-refractivity contribution in [3.8, 4) is 0 Å². The van der Waals surface area contributed by atoms with E-state index in [0.717, 1.165) is 18.5 Å². The second kappa shape index (κ2) is 5.07. The van der Waals surface area contributed by atoms with Gasteiger partial charge in [0.1, 0.15) is 0 Å². The summed E-state index contributed by atoms with van der Waals surface area (Å²) in [7, 11) is 1.97. The molecule has 1 aromatic rings. The molecule has 1 N–H and O–H groups in total. The van der Waals surface area contributed by atoms with E-state index in [1.54, 1.807) is 0 Å². The quantitative estimate of drug-likeness (QED) is 0.880. The highest BCUT2D eigenvalue weighted by molar-refractivity contribution is 6.30. The zero-order valence-corrected chi connectivity index (χ0v) is 10.5. The third-order valence-electron chi connectivity index (χ3n) is 3.43. The molecule has 92 valence electrons. The third-order valence-corrected chi connectivity index (χ3v) is 3.68. The molecular formula is C13H16ClNO2. The van der Waals surface area contributed by atoms with Gasteiger partial charge in [-0.1, -0.05) is 23.7 Å². The Morgan fingerprint density at radius 1 is 1.41 bits per heavy atom. The van der Waals surface area contributed by atoms with Crippen molar-refractivity contribution in [2.45, 2.75) is 12.3 Å². The van der Waals surface area contributed by atoms with E-state index in [1.165, 1.54) is 0 Å². The Labute approximate surface area is 106 Å². The molecular weight excluding hydrogens is 238 g/mol. The van der Waals surface area contributed by atoms with E-state index in [-0.39, 0.29) is 11.8 Å². The minimum absolute atomic E-state index is 0.0981. The van der Waals surface area contributed by atoms with Gasteiger partial charge in [0.2, 0.25) is 0 Å². The fourth-order valence-electron chi connectivity index (χ4n) is 2.47. The van der Waals surface area contributed by atoms with Crippen LogP contribution in [0.25, 0.3) is 0 Å². The van der Waals surface area contributed by atoms with E-state index in [4.69, 9.17) is 11.6 Å². The fraction of sp³-hybridized carbons (Fsp3) is 0.462. The first-order valence-electron chi connectivity index (χ1n) is 5.74. The molecule has 0 saturated carbocycles. The van der Waals surface area contributed by atoms with E-state index in [1.807, 2.05) is 31.3 Å². The zero-order chi connectivity index (χ0) is 12.4. The number of benzene rings is 1. The molecule has 4 heteroatoms. The standard InChI is InChI=1S/C13H16ClNO2/c1-15-7-6-11(12(8-15)13(16)17)9-2-4-10(14)5-3-9/h2-5,11-12H,6-8H2,1H3,(H,16,17)/t11-,12-/m1/s1. The number of nitrogens with zero attached hydrogens (tertiary/aromatic N) is 1. The molecule has 1 saturated heterocycles. The van der Waals surface area contributed by atoms with Gasteiger partial charge < -0.3 is 10.0 Å². The van der Waals surface area contributed by atoms with Crippen LogP contribution in [0, 0.1) is 5.92 Å². The number of halogens is 1. The molecule has 2 atom stereocenters. The van der Waals surface area contributed by atoms with Gasteiger partial charge >= 0.3 is 5.97 Å². The number of carboxylic acid groups (broad SMARTS) is 1. The first kappa shape index (κ1) is 12.4. The summed E-state index contributed by atoms with van der Waals surface area (Å²) >= 11 is 5.85. The Morgan fingerprint density at radius 2 is 2.06 bits per heavy atom. The Balaban J connectivity index is 2.23. The van der Waals surface area contributed by atoms with Crippen molar-refractivity contribution in [3.05, 3.63) is 34.9 Å². The maximum atomic E-state index is 11.3. The van der Waals surface area contributed by atoms with E-state index >= 15 is 0 Å². The first-order valence-corrected chi connectivity index (χ1v) is 6.12. The number of carbonyl (C=O) groups is 1. The normalized spacial score (nSPS) is 25.8. The van der Waals surface area contributed by atoms with Crippen molar-refractivity contribution in [2.24, 2.45) is 5.92 Å². The van der Waals surface area contributed by atoms with Crippen LogP contribution in [-0.4, -0.2) is 36.1 Å². The second-order valence-electron chi connectivity index (χ2n) is 4.65. The zero-order valence-electron chi connectivity index (χ0n) is 9.77. The van der Waals surface area contributed by atoms with Gasteiger partial charge in [-0.05, 0) is 43.6 Å². The molecule has 0 aromatic heterocycles. The van der Waals surface area contributed by atoms with Crippen molar-refractivity contribution in [1.82, 2.24) is 4.90 Å². The van der Waals surface area contributed by atoms with Crippen molar-refractivity contribution in [1.29, 1.82) is 0 Å². The Bertz CT molecular complexity index is 404. The van der Waals surface area contributed by atoms with E-state index in [0.29, 0.717) is 11.6 Å². The van der Waals surface area contributed by atoms with Crippen LogP contribution in [0.3, 0.4) is 0 Å². The molecule has 0 unspecified atom stereocenters. The summed E-state index contributed by atoms with van der Waals surface area (Å²) in [6.45, 7) is 1.56. The fourth-order valence-corrected chi connectivity index (χ4v) is 2.60. The van der Waals surface area contributed by atoms with Gasteiger partial charge in [0.25, 0.3) is 0 Å². The average Bonchev–Trinajstić information content (AvgIpc) is 2.30. The average molecular weight is 254 g/mol. The maximum absolute atomic E-state index is 11.3. The van der Waals surface area contributed by atoms with Crippen LogP contribution in [-0.2, 0) is 4.79 Å². The highest BCUT2D eigenvalue weighted by atomic mass is 35.5. The summed E-state index contributed by atoms with van der Waals surface area (Å²) in [5, 5.41) is 9.98. The number of rotatable bonds is 2. The molecule has 3 nitrogen and oxygen atoms in total. The van der Waals surface area contributed by atoms with Crippen LogP contribution in [0.4, 0.5) is 0 Å². The number of piperidine rings is 1. The highest BCUT2D eigenvalue weighted by Gasteiger charge is 2.33. The monoisotopic (exact) mass is 253 g/mol. The van der Waals surface area contributed by atoms with Crippen LogP contribution in [0.2, 0.25) is 5.02 Å². The Kier molecular flexibility index (Phi) is 3.69. The molecule has 0 radical (unpaired) electrons. The molecule has 2 rings (SSSR count). The van der Waals surface area contributed by atoms with Crippen LogP contribution in [0.1, 0.15) is 17.9 Å². The van der Waals surface area contributed by atoms with Crippen molar-refractivity contribution >= 4 is 17.6 Å². The summed E-state index contributed by atoms with van der Waals surface area (Å²) in [4.78, 5) is 13.4. The molecule has 1 heterocycles. The summed E-state index contributed by atoms with van der Waals surface area (Å²) in [6.07, 6.45) is 0.884. The molecule has 0 bridgehead atoms. The lowest BCUT2D eigenvalue weighted by atomic mass is 9.80. The lowest BCUT2D eigenvalue weighted by Crippen LogP contribution is -2.40. The topological polar surface area (TPSA) is 40.5 Å². The number of carboxylic acids is 1. The van der Waals surface area contributed by atoms with Gasteiger partial charge in [0.05, 0.1) is 5.92 Å². The minimum Gasteiger partial charge on any atom is -0.481 e. The highest BCUT2D eigenvalue weighted by Crippen LogP contribution is 2.33. The third kappa shape index (κ3) is 2.79. The van der Waals surface area contributed by atoms with Crippen molar-refractivity contribution < 1.29 is 9.90 Å². The van der Waals surface area contributed by atoms with Crippen molar-refractivity contribution in [2.75, 3.05) is 20.1 Å². The Hall–Kier alpha value is -1.06. The summed E-state index contributed by atoms with van der Waals surface area (Å²) in [6, 6.07) is 7.53. The lowest BCUT2D eigenvalue weighted by Gasteiger charge is -2.34. The summed E-state index contributed by atoms with van der Waals surface area (Å²) < 4.78 is 0. The second-order valence-corrected chi connectivity index (χ2v) is 5.09. The van der Waals surface area contributed by atoms with E-state index < -0.39 is 5.97 Å². The molecule has 1 aliphatic heterocycles. The predicted octanol–water partition coefficient (Wildman–Crippen LogP) is 2.46. The predicted molar refractivity (Wildman–Crippen MR) is 67.4 cm³/mol. The smallest absolute Gasteiger partial charge is 0.308 e. The number of hydrogen-bond acceptors (Lipinski definition) is 2. The SMILES string of the molecule is CN1CC[C@H](c2ccc(Cl)cc2)[C@H](C(=O)O)C1.